The summed E-state index contributed by atoms with van der Waals surface area (Å²) in [6.07, 6.45) is 0. The quantitative estimate of drug-likeness (QED) is 0.584. The van der Waals surface area contributed by atoms with Crippen molar-refractivity contribution in [2.24, 2.45) is 0 Å². The number of benzene rings is 2. The van der Waals surface area contributed by atoms with Crippen LogP contribution in [0.2, 0.25) is 0 Å². The van der Waals surface area contributed by atoms with Gasteiger partial charge in [-0.25, -0.2) is 4.79 Å². The molecule has 2 aromatic carbocycles. The van der Waals surface area contributed by atoms with Crippen molar-refractivity contribution in [1.82, 2.24) is 0 Å². The van der Waals surface area contributed by atoms with Crippen LogP contribution < -0.4 is 5.73 Å². The number of hydrogen-bond donors (Lipinski definition) is 3. The molecule has 0 spiro atoms. The molecular weight excluding hydrogens is 250 g/mol. The number of phenolic OH excluding ortho intramolecular Hbond substituents is 1. The van der Waals surface area contributed by atoms with E-state index in [2.05, 4.69) is 0 Å². The molecular formula is C13H11NO3S. The number of nitrogen functional groups attached to an aromatic ring is 1. The van der Waals surface area contributed by atoms with Gasteiger partial charge < -0.3 is 15.9 Å². The Kier molecular flexibility index (Phi) is 3.43. The summed E-state index contributed by atoms with van der Waals surface area (Å²) >= 11 is 1.42. The van der Waals surface area contributed by atoms with Crippen molar-refractivity contribution in [2.45, 2.75) is 9.79 Å². The predicted octanol–water partition coefficient (Wildman–Crippen LogP) is 2.82. The van der Waals surface area contributed by atoms with Crippen LogP contribution in [-0.4, -0.2) is 16.2 Å². The molecule has 0 amide bonds. The molecule has 0 unspecified atom stereocenters. The maximum absolute atomic E-state index is 10.7. The van der Waals surface area contributed by atoms with Crippen LogP contribution in [-0.2, 0) is 0 Å². The highest BCUT2D eigenvalue weighted by Gasteiger charge is 2.04. The second-order valence-corrected chi connectivity index (χ2v) is 4.80. The van der Waals surface area contributed by atoms with E-state index in [9.17, 15) is 9.90 Å². The zero-order valence-corrected chi connectivity index (χ0v) is 10.1. The Balaban J connectivity index is 2.18. The smallest absolute Gasteiger partial charge is 0.335 e. The highest BCUT2D eigenvalue weighted by atomic mass is 32.2. The van der Waals surface area contributed by atoms with E-state index in [4.69, 9.17) is 10.8 Å². The zero-order valence-electron chi connectivity index (χ0n) is 9.33. The fraction of sp³-hybridized carbons (Fsp3) is 0. The van der Waals surface area contributed by atoms with Crippen molar-refractivity contribution in [2.75, 3.05) is 5.73 Å². The fourth-order valence-corrected chi connectivity index (χ4v) is 2.24. The molecule has 0 bridgehead atoms. The molecule has 0 aliphatic carbocycles. The summed E-state index contributed by atoms with van der Waals surface area (Å²) in [4.78, 5) is 12.4. The lowest BCUT2D eigenvalue weighted by molar-refractivity contribution is 0.0697. The van der Waals surface area contributed by atoms with Gasteiger partial charge in [-0.15, -0.1) is 0 Å². The van der Waals surface area contributed by atoms with E-state index in [1.54, 1.807) is 42.5 Å². The van der Waals surface area contributed by atoms with E-state index in [-0.39, 0.29) is 11.3 Å². The number of carboxylic acids is 1. The van der Waals surface area contributed by atoms with E-state index in [0.717, 1.165) is 9.79 Å². The lowest BCUT2D eigenvalue weighted by Crippen LogP contribution is -1.94. The second kappa shape index (κ2) is 5.01. The van der Waals surface area contributed by atoms with Gasteiger partial charge in [0.1, 0.15) is 5.75 Å². The van der Waals surface area contributed by atoms with Crippen LogP contribution in [0.4, 0.5) is 5.69 Å². The van der Waals surface area contributed by atoms with Crippen molar-refractivity contribution < 1.29 is 15.0 Å². The number of carbonyl (C=O) groups is 1. The molecule has 2 aromatic rings. The molecule has 2 rings (SSSR count). The summed E-state index contributed by atoms with van der Waals surface area (Å²) in [5, 5.41) is 18.3. The molecule has 0 saturated heterocycles. The van der Waals surface area contributed by atoms with Crippen LogP contribution in [0.1, 0.15) is 10.4 Å². The van der Waals surface area contributed by atoms with Gasteiger partial charge in [0.15, 0.2) is 0 Å². The standard InChI is InChI=1S/C13H11NO3S/c14-11-6-5-10(7-12(11)15)18-9-3-1-8(2-4-9)13(16)17/h1-7,15H,14H2,(H,16,17). The molecule has 0 atom stereocenters. The molecule has 4 nitrogen and oxygen atoms in total. The van der Waals surface area contributed by atoms with Crippen molar-refractivity contribution in [3.8, 4) is 5.75 Å². The Morgan fingerprint density at radius 2 is 1.67 bits per heavy atom. The predicted molar refractivity (Wildman–Crippen MR) is 70.0 cm³/mol. The van der Waals surface area contributed by atoms with Gasteiger partial charge in [0.2, 0.25) is 0 Å². The Labute approximate surface area is 108 Å². The van der Waals surface area contributed by atoms with Crippen LogP contribution in [0.5, 0.6) is 5.75 Å². The molecule has 0 aliphatic rings. The number of rotatable bonds is 3. The van der Waals surface area contributed by atoms with Crippen molar-refractivity contribution in [3.63, 3.8) is 0 Å². The first-order valence-corrected chi connectivity index (χ1v) is 5.97. The third-order valence-electron chi connectivity index (χ3n) is 2.34. The van der Waals surface area contributed by atoms with E-state index in [0.29, 0.717) is 5.69 Å². The van der Waals surface area contributed by atoms with Gasteiger partial charge >= 0.3 is 5.97 Å². The number of aromatic carboxylic acids is 1. The summed E-state index contributed by atoms with van der Waals surface area (Å²) in [7, 11) is 0. The van der Waals surface area contributed by atoms with E-state index in [1.165, 1.54) is 11.8 Å². The molecule has 0 radical (unpaired) electrons. The number of hydrogen-bond acceptors (Lipinski definition) is 4. The highest BCUT2D eigenvalue weighted by Crippen LogP contribution is 2.32. The number of carboxylic acid groups (broad SMARTS) is 1. The Morgan fingerprint density at radius 3 is 2.22 bits per heavy atom. The molecule has 0 fully saturated rings. The number of aromatic hydroxyl groups is 1. The largest absolute Gasteiger partial charge is 0.506 e. The first-order chi connectivity index (χ1) is 8.56. The minimum absolute atomic E-state index is 0.0437. The summed E-state index contributed by atoms with van der Waals surface area (Å²) < 4.78 is 0. The third kappa shape index (κ3) is 2.75. The van der Waals surface area contributed by atoms with Crippen LogP contribution >= 0.6 is 11.8 Å². The summed E-state index contributed by atoms with van der Waals surface area (Å²) in [6.45, 7) is 0. The van der Waals surface area contributed by atoms with Crippen LogP contribution in [0.3, 0.4) is 0 Å². The lowest BCUT2D eigenvalue weighted by atomic mass is 10.2. The topological polar surface area (TPSA) is 83.6 Å². The SMILES string of the molecule is Nc1ccc(Sc2ccc(C(=O)O)cc2)cc1O. The Hall–Kier alpha value is -2.14. The summed E-state index contributed by atoms with van der Waals surface area (Å²) in [6, 6.07) is 11.5. The van der Waals surface area contributed by atoms with Crippen LogP contribution in [0, 0.1) is 0 Å². The average molecular weight is 261 g/mol. The van der Waals surface area contributed by atoms with Gasteiger partial charge in [0, 0.05) is 9.79 Å². The molecule has 0 saturated carbocycles. The Bertz CT molecular complexity index is 581. The van der Waals surface area contributed by atoms with Gasteiger partial charge in [0.25, 0.3) is 0 Å². The minimum Gasteiger partial charge on any atom is -0.506 e. The van der Waals surface area contributed by atoms with Gasteiger partial charge in [0.05, 0.1) is 11.3 Å². The summed E-state index contributed by atoms with van der Waals surface area (Å²) in [5.41, 5.74) is 6.09. The number of nitrogens with two attached hydrogens (primary N) is 1. The third-order valence-corrected chi connectivity index (χ3v) is 3.34. The number of anilines is 1. The van der Waals surface area contributed by atoms with E-state index < -0.39 is 5.97 Å². The molecule has 18 heavy (non-hydrogen) atoms. The van der Waals surface area contributed by atoms with Gasteiger partial charge in [-0.2, -0.15) is 0 Å². The molecule has 0 heterocycles. The lowest BCUT2D eigenvalue weighted by Gasteiger charge is -2.04. The molecule has 0 aromatic heterocycles. The summed E-state index contributed by atoms with van der Waals surface area (Å²) in [5.74, 6) is -0.904. The highest BCUT2D eigenvalue weighted by molar-refractivity contribution is 7.99. The monoisotopic (exact) mass is 261 g/mol. The number of phenols is 1. The molecule has 92 valence electrons. The molecule has 5 heteroatoms. The van der Waals surface area contributed by atoms with E-state index >= 15 is 0 Å². The fourth-order valence-electron chi connectivity index (χ4n) is 1.39. The molecule has 4 N–H and O–H groups in total. The first-order valence-electron chi connectivity index (χ1n) is 5.16. The van der Waals surface area contributed by atoms with Crippen molar-refractivity contribution in [3.05, 3.63) is 48.0 Å². The van der Waals surface area contributed by atoms with Crippen LogP contribution in [0.25, 0.3) is 0 Å². The maximum Gasteiger partial charge on any atom is 0.335 e. The zero-order chi connectivity index (χ0) is 13.1. The average Bonchev–Trinajstić information content (AvgIpc) is 2.34. The van der Waals surface area contributed by atoms with Gasteiger partial charge in [-0.1, -0.05) is 11.8 Å². The van der Waals surface area contributed by atoms with Crippen molar-refractivity contribution in [1.29, 1.82) is 0 Å². The van der Waals surface area contributed by atoms with Gasteiger partial charge in [-0.3, -0.25) is 0 Å². The first kappa shape index (κ1) is 12.3. The molecule has 0 aliphatic heterocycles. The maximum atomic E-state index is 10.7. The Morgan fingerprint density at radius 1 is 1.06 bits per heavy atom. The second-order valence-electron chi connectivity index (χ2n) is 3.65. The van der Waals surface area contributed by atoms with E-state index in [1.807, 2.05) is 0 Å². The van der Waals surface area contributed by atoms with Gasteiger partial charge in [-0.05, 0) is 42.5 Å². The normalized spacial score (nSPS) is 10.2. The van der Waals surface area contributed by atoms with Crippen molar-refractivity contribution >= 4 is 23.4 Å². The minimum atomic E-state index is -0.948. The van der Waals surface area contributed by atoms with Crippen LogP contribution in [0.15, 0.2) is 52.3 Å².